The summed E-state index contributed by atoms with van der Waals surface area (Å²) in [6.07, 6.45) is 1.65. The van der Waals surface area contributed by atoms with Crippen LogP contribution in [0, 0.1) is 6.92 Å². The smallest absolute Gasteiger partial charge is 0.228 e. The van der Waals surface area contributed by atoms with Crippen LogP contribution in [-0.4, -0.2) is 31.3 Å². The Morgan fingerprint density at radius 3 is 2.14 bits per heavy atom. The zero-order valence-electron chi connectivity index (χ0n) is 12.2. The average molecular weight is 310 g/mol. The molecule has 1 N–H and O–H groups in total. The van der Waals surface area contributed by atoms with Gasteiger partial charge in [0.25, 0.3) is 0 Å². The number of methoxy groups -OCH3 is 3. The number of nitrogens with zero attached hydrogens (tertiary/aromatic N) is 2. The summed E-state index contributed by atoms with van der Waals surface area (Å²) in [6, 6.07) is 3.52. The van der Waals surface area contributed by atoms with E-state index >= 15 is 0 Å². The highest BCUT2D eigenvalue weighted by molar-refractivity contribution is 6.30. The van der Waals surface area contributed by atoms with Gasteiger partial charge in [0, 0.05) is 29.6 Å². The van der Waals surface area contributed by atoms with E-state index in [2.05, 4.69) is 15.3 Å². The molecule has 21 heavy (non-hydrogen) atoms. The average Bonchev–Trinajstić information content (AvgIpc) is 2.49. The molecule has 0 radical (unpaired) electrons. The van der Waals surface area contributed by atoms with E-state index in [-0.39, 0.29) is 0 Å². The first-order valence-corrected chi connectivity index (χ1v) is 6.53. The first-order chi connectivity index (χ1) is 10.1. The number of aromatic nitrogens is 2. The number of anilines is 2. The van der Waals surface area contributed by atoms with Crippen molar-refractivity contribution in [2.45, 2.75) is 6.92 Å². The lowest BCUT2D eigenvalue weighted by Gasteiger charge is -2.14. The van der Waals surface area contributed by atoms with Crippen molar-refractivity contribution in [3.05, 3.63) is 29.0 Å². The normalized spacial score (nSPS) is 10.1. The van der Waals surface area contributed by atoms with E-state index in [1.165, 1.54) is 0 Å². The highest BCUT2D eigenvalue weighted by atomic mass is 35.5. The van der Waals surface area contributed by atoms with Gasteiger partial charge in [-0.15, -0.1) is 0 Å². The summed E-state index contributed by atoms with van der Waals surface area (Å²) in [5.74, 6) is 1.99. The van der Waals surface area contributed by atoms with Gasteiger partial charge in [0.2, 0.25) is 11.7 Å². The quantitative estimate of drug-likeness (QED) is 0.856. The Kier molecular flexibility index (Phi) is 4.70. The summed E-state index contributed by atoms with van der Waals surface area (Å²) in [7, 11) is 4.66. The summed E-state index contributed by atoms with van der Waals surface area (Å²) >= 11 is 5.98. The number of benzene rings is 1. The van der Waals surface area contributed by atoms with Gasteiger partial charge in [-0.05, 0) is 6.92 Å². The number of ether oxygens (including phenoxy) is 3. The molecule has 1 aromatic heterocycles. The van der Waals surface area contributed by atoms with Gasteiger partial charge in [-0.25, -0.2) is 9.97 Å². The minimum atomic E-state index is 0.389. The molecule has 6 nitrogen and oxygen atoms in total. The standard InChI is InChI=1S/C14H16ClN3O3/c1-8-7-16-14(18-13(8)15)17-9-5-10(19-2)12(21-4)11(6-9)20-3/h5-7H,1-4H3,(H,16,17,18). The fourth-order valence-electron chi connectivity index (χ4n) is 1.76. The molecule has 0 unspecified atom stereocenters. The van der Waals surface area contributed by atoms with Crippen LogP contribution < -0.4 is 19.5 Å². The van der Waals surface area contributed by atoms with Crippen LogP contribution in [0.5, 0.6) is 17.2 Å². The molecule has 0 saturated carbocycles. The van der Waals surface area contributed by atoms with Gasteiger partial charge in [0.15, 0.2) is 11.5 Å². The van der Waals surface area contributed by atoms with Crippen LogP contribution in [0.15, 0.2) is 18.3 Å². The second kappa shape index (κ2) is 6.49. The van der Waals surface area contributed by atoms with Crippen LogP contribution in [0.1, 0.15) is 5.56 Å². The monoisotopic (exact) mass is 309 g/mol. The number of hydrogen-bond donors (Lipinski definition) is 1. The van der Waals surface area contributed by atoms with Gasteiger partial charge in [-0.1, -0.05) is 11.6 Å². The molecule has 1 heterocycles. The zero-order chi connectivity index (χ0) is 15.4. The number of halogens is 1. The zero-order valence-corrected chi connectivity index (χ0v) is 13.0. The maximum atomic E-state index is 5.98. The van der Waals surface area contributed by atoms with E-state index in [0.717, 1.165) is 5.56 Å². The largest absolute Gasteiger partial charge is 0.493 e. The van der Waals surface area contributed by atoms with Gasteiger partial charge < -0.3 is 19.5 Å². The Morgan fingerprint density at radius 1 is 1.05 bits per heavy atom. The van der Waals surface area contributed by atoms with E-state index in [1.54, 1.807) is 39.7 Å². The van der Waals surface area contributed by atoms with Crippen molar-refractivity contribution in [2.24, 2.45) is 0 Å². The molecule has 7 heteroatoms. The van der Waals surface area contributed by atoms with E-state index in [9.17, 15) is 0 Å². The van der Waals surface area contributed by atoms with Crippen LogP contribution >= 0.6 is 11.6 Å². The van der Waals surface area contributed by atoms with Crippen LogP contribution in [0.25, 0.3) is 0 Å². The molecule has 0 atom stereocenters. The Labute approximate surface area is 128 Å². The lowest BCUT2D eigenvalue weighted by atomic mass is 10.2. The molecule has 0 fully saturated rings. The molecule has 0 aliphatic heterocycles. The van der Waals surface area contributed by atoms with E-state index in [4.69, 9.17) is 25.8 Å². The van der Waals surface area contributed by atoms with Crippen molar-refractivity contribution in [2.75, 3.05) is 26.6 Å². The van der Waals surface area contributed by atoms with Gasteiger partial charge in [0.05, 0.1) is 21.3 Å². The van der Waals surface area contributed by atoms with E-state index in [0.29, 0.717) is 34.0 Å². The van der Waals surface area contributed by atoms with Gasteiger partial charge in [-0.3, -0.25) is 0 Å². The number of hydrogen-bond acceptors (Lipinski definition) is 6. The van der Waals surface area contributed by atoms with Crippen LogP contribution in [0.2, 0.25) is 5.15 Å². The summed E-state index contributed by atoms with van der Waals surface area (Å²) in [5, 5.41) is 3.45. The molecule has 2 aromatic rings. The predicted octanol–water partition coefficient (Wildman–Crippen LogP) is 3.21. The first kappa shape index (κ1) is 15.2. The fourth-order valence-corrected chi connectivity index (χ4v) is 1.89. The van der Waals surface area contributed by atoms with Crippen LogP contribution in [0.4, 0.5) is 11.6 Å². The second-order valence-corrected chi connectivity index (χ2v) is 4.56. The number of aryl methyl sites for hydroxylation is 1. The predicted molar refractivity (Wildman–Crippen MR) is 81.2 cm³/mol. The third kappa shape index (κ3) is 3.28. The molecule has 2 rings (SSSR count). The molecule has 0 bridgehead atoms. The van der Waals surface area contributed by atoms with Crippen molar-refractivity contribution < 1.29 is 14.2 Å². The SMILES string of the molecule is COc1cc(Nc2ncc(C)c(Cl)n2)cc(OC)c1OC. The summed E-state index contributed by atoms with van der Waals surface area (Å²) < 4.78 is 15.8. The Morgan fingerprint density at radius 2 is 1.67 bits per heavy atom. The molecule has 0 saturated heterocycles. The van der Waals surface area contributed by atoms with E-state index in [1.807, 2.05) is 6.92 Å². The van der Waals surface area contributed by atoms with Crippen LogP contribution in [0.3, 0.4) is 0 Å². The lowest BCUT2D eigenvalue weighted by molar-refractivity contribution is 0.324. The molecule has 0 spiro atoms. The molecule has 0 aliphatic carbocycles. The summed E-state index contributed by atoms with van der Waals surface area (Å²) in [6.45, 7) is 1.84. The van der Waals surface area contributed by atoms with Crippen molar-refractivity contribution >= 4 is 23.2 Å². The van der Waals surface area contributed by atoms with Crippen LogP contribution in [-0.2, 0) is 0 Å². The third-order valence-electron chi connectivity index (χ3n) is 2.83. The summed E-state index contributed by atoms with van der Waals surface area (Å²) in [5.41, 5.74) is 1.51. The van der Waals surface area contributed by atoms with Crippen molar-refractivity contribution in [3.63, 3.8) is 0 Å². The van der Waals surface area contributed by atoms with Gasteiger partial charge in [-0.2, -0.15) is 0 Å². The highest BCUT2D eigenvalue weighted by Crippen LogP contribution is 2.40. The Bertz CT molecular complexity index is 624. The molecule has 112 valence electrons. The first-order valence-electron chi connectivity index (χ1n) is 6.15. The topological polar surface area (TPSA) is 65.5 Å². The molecule has 0 amide bonds. The number of nitrogens with one attached hydrogen (secondary N) is 1. The third-order valence-corrected chi connectivity index (χ3v) is 3.21. The molecule has 0 aliphatic rings. The maximum Gasteiger partial charge on any atom is 0.228 e. The van der Waals surface area contributed by atoms with Gasteiger partial charge in [0.1, 0.15) is 5.15 Å². The molecular formula is C14H16ClN3O3. The lowest BCUT2D eigenvalue weighted by Crippen LogP contribution is -2.00. The highest BCUT2D eigenvalue weighted by Gasteiger charge is 2.14. The Hall–Kier alpha value is -2.21. The van der Waals surface area contributed by atoms with Gasteiger partial charge >= 0.3 is 0 Å². The second-order valence-electron chi connectivity index (χ2n) is 4.21. The van der Waals surface area contributed by atoms with Crippen molar-refractivity contribution in [1.29, 1.82) is 0 Å². The van der Waals surface area contributed by atoms with Crippen molar-refractivity contribution in [3.8, 4) is 17.2 Å². The van der Waals surface area contributed by atoms with E-state index < -0.39 is 0 Å². The minimum Gasteiger partial charge on any atom is -0.493 e. The maximum absolute atomic E-state index is 5.98. The summed E-state index contributed by atoms with van der Waals surface area (Å²) in [4.78, 5) is 8.32. The Balaban J connectivity index is 2.37. The molecule has 1 aromatic carbocycles. The van der Waals surface area contributed by atoms with Crippen molar-refractivity contribution in [1.82, 2.24) is 9.97 Å². The number of rotatable bonds is 5. The fraction of sp³-hybridized carbons (Fsp3) is 0.286. The minimum absolute atomic E-state index is 0.389. The molecular weight excluding hydrogens is 294 g/mol.